The molecule has 1 aromatic rings. The fourth-order valence-electron chi connectivity index (χ4n) is 4.02. The van der Waals surface area contributed by atoms with E-state index in [0.717, 1.165) is 10.9 Å². The summed E-state index contributed by atoms with van der Waals surface area (Å²) < 4.78 is 0. The van der Waals surface area contributed by atoms with Gasteiger partial charge in [0.05, 0.1) is 0 Å². The van der Waals surface area contributed by atoms with Crippen molar-refractivity contribution in [1.82, 2.24) is 4.90 Å². The Balaban J connectivity index is 1.51. The van der Waals surface area contributed by atoms with Gasteiger partial charge in [0.2, 0.25) is 0 Å². The molecule has 0 bridgehead atoms. The van der Waals surface area contributed by atoms with Crippen molar-refractivity contribution in [2.45, 2.75) is 56.0 Å². The Morgan fingerprint density at radius 2 is 1.67 bits per heavy atom. The summed E-state index contributed by atoms with van der Waals surface area (Å²) in [7, 11) is 3.19. The summed E-state index contributed by atoms with van der Waals surface area (Å²) in [4.78, 5) is 2.70. The summed E-state index contributed by atoms with van der Waals surface area (Å²) in [6.07, 6.45) is 9.67. The van der Waals surface area contributed by atoms with Gasteiger partial charge in [0.25, 0.3) is 0 Å². The first kappa shape index (κ1) is 15.8. The fraction of sp³-hybridized carbons (Fsp3) is 0.667. The van der Waals surface area contributed by atoms with Crippen LogP contribution in [0.2, 0.25) is 5.02 Å². The van der Waals surface area contributed by atoms with Crippen molar-refractivity contribution in [2.24, 2.45) is 0 Å². The molecule has 3 rings (SSSR count). The summed E-state index contributed by atoms with van der Waals surface area (Å²) in [6.45, 7) is 3.79. The average Bonchev–Trinajstić information content (AvgIpc) is 2.49. The van der Waals surface area contributed by atoms with E-state index in [0.29, 0.717) is 5.16 Å². The van der Waals surface area contributed by atoms with E-state index in [1.807, 2.05) is 12.1 Å². The van der Waals surface area contributed by atoms with Gasteiger partial charge in [-0.15, -0.1) is 9.24 Å². The highest BCUT2D eigenvalue weighted by Gasteiger charge is 2.31. The second kappa shape index (κ2) is 6.99. The number of hydrogen-bond donors (Lipinski definition) is 0. The molecule has 0 aromatic heterocycles. The van der Waals surface area contributed by atoms with Crippen LogP contribution in [0.3, 0.4) is 0 Å². The van der Waals surface area contributed by atoms with Gasteiger partial charge in [0.1, 0.15) is 0 Å². The van der Waals surface area contributed by atoms with Crippen molar-refractivity contribution in [3.8, 4) is 0 Å². The number of piperidine rings is 1. The predicted octanol–water partition coefficient (Wildman–Crippen LogP) is 5.10. The Hall–Kier alpha value is -0.100. The summed E-state index contributed by atoms with van der Waals surface area (Å²) >= 11 is 5.99. The minimum atomic E-state index is 0.505. The molecule has 116 valence electrons. The second-order valence-electron chi connectivity index (χ2n) is 7.03. The highest BCUT2D eigenvalue weighted by Crippen LogP contribution is 2.38. The third kappa shape index (κ3) is 4.21. The van der Waals surface area contributed by atoms with Crippen LogP contribution in [0.15, 0.2) is 24.3 Å². The lowest BCUT2D eigenvalue weighted by Crippen LogP contribution is -2.43. The molecule has 1 atom stereocenters. The summed E-state index contributed by atoms with van der Waals surface area (Å²) in [6, 6.07) is 8.48. The number of hydrogen-bond acceptors (Lipinski definition) is 1. The van der Waals surface area contributed by atoms with E-state index in [1.165, 1.54) is 70.1 Å². The predicted molar refractivity (Wildman–Crippen MR) is 95.4 cm³/mol. The van der Waals surface area contributed by atoms with Crippen molar-refractivity contribution in [3.63, 3.8) is 0 Å². The first-order valence-electron chi connectivity index (χ1n) is 8.41. The van der Waals surface area contributed by atoms with E-state index < -0.39 is 0 Å². The van der Waals surface area contributed by atoms with Crippen LogP contribution in [0.4, 0.5) is 0 Å². The van der Waals surface area contributed by atoms with Crippen molar-refractivity contribution in [2.75, 3.05) is 19.6 Å². The number of rotatable bonds is 3. The highest BCUT2D eigenvalue weighted by atomic mass is 35.5. The Bertz CT molecular complexity index is 445. The molecule has 3 heteroatoms. The van der Waals surface area contributed by atoms with Crippen molar-refractivity contribution >= 4 is 20.8 Å². The SMILES string of the molecule is PC1(CN2CCC(c3ccc(Cl)cc3)CC2)CCCCC1. The van der Waals surface area contributed by atoms with Gasteiger partial charge >= 0.3 is 0 Å². The van der Waals surface area contributed by atoms with Crippen LogP contribution >= 0.6 is 20.8 Å². The summed E-state index contributed by atoms with van der Waals surface area (Å²) in [5, 5.41) is 1.35. The number of nitrogens with zero attached hydrogens (tertiary/aromatic N) is 1. The Kier molecular flexibility index (Phi) is 5.25. The topological polar surface area (TPSA) is 3.24 Å². The van der Waals surface area contributed by atoms with Gasteiger partial charge in [0, 0.05) is 11.6 Å². The van der Waals surface area contributed by atoms with Gasteiger partial charge in [-0.05, 0) is 67.5 Å². The van der Waals surface area contributed by atoms with E-state index in [9.17, 15) is 0 Å². The van der Waals surface area contributed by atoms with Crippen LogP contribution in [-0.2, 0) is 0 Å². The van der Waals surface area contributed by atoms with E-state index in [1.54, 1.807) is 0 Å². The third-order valence-corrected chi connectivity index (χ3v) is 6.33. The van der Waals surface area contributed by atoms with Crippen LogP contribution < -0.4 is 0 Å². The first-order valence-corrected chi connectivity index (χ1v) is 9.37. The normalized spacial score (nSPS) is 24.1. The lowest BCUT2D eigenvalue weighted by atomic mass is 9.85. The average molecular weight is 324 g/mol. The molecule has 1 aliphatic carbocycles. The van der Waals surface area contributed by atoms with Crippen molar-refractivity contribution < 1.29 is 0 Å². The van der Waals surface area contributed by atoms with Crippen LogP contribution in [0.1, 0.15) is 56.4 Å². The molecule has 21 heavy (non-hydrogen) atoms. The smallest absolute Gasteiger partial charge is 0.0406 e. The van der Waals surface area contributed by atoms with Gasteiger partial charge in [0.15, 0.2) is 0 Å². The van der Waals surface area contributed by atoms with Gasteiger partial charge in [-0.2, -0.15) is 0 Å². The van der Waals surface area contributed by atoms with E-state index >= 15 is 0 Å². The van der Waals surface area contributed by atoms with Crippen LogP contribution in [-0.4, -0.2) is 29.7 Å². The second-order valence-corrected chi connectivity index (χ2v) is 8.69. The van der Waals surface area contributed by atoms with Crippen LogP contribution in [0.5, 0.6) is 0 Å². The summed E-state index contributed by atoms with van der Waals surface area (Å²) in [5.74, 6) is 0.727. The zero-order chi connectivity index (χ0) is 14.7. The molecule has 1 unspecified atom stereocenters. The minimum Gasteiger partial charge on any atom is -0.302 e. The molecule has 1 saturated heterocycles. The third-order valence-electron chi connectivity index (χ3n) is 5.32. The molecule has 2 fully saturated rings. The van der Waals surface area contributed by atoms with E-state index in [4.69, 9.17) is 11.6 Å². The zero-order valence-electron chi connectivity index (χ0n) is 12.9. The largest absolute Gasteiger partial charge is 0.302 e. The molecule has 1 saturated carbocycles. The molecule has 1 aromatic carbocycles. The van der Waals surface area contributed by atoms with Gasteiger partial charge < -0.3 is 4.90 Å². The standard InChI is InChI=1S/C18H27ClNP/c19-17-6-4-15(5-7-17)16-8-12-20(13-9-16)14-18(21)10-2-1-3-11-18/h4-7,16H,1-3,8-14,21H2. The molecular weight excluding hydrogens is 297 g/mol. The van der Waals surface area contributed by atoms with Crippen LogP contribution in [0.25, 0.3) is 0 Å². The van der Waals surface area contributed by atoms with Crippen molar-refractivity contribution in [3.05, 3.63) is 34.9 Å². The Morgan fingerprint density at radius 3 is 2.29 bits per heavy atom. The molecule has 2 aliphatic rings. The quantitative estimate of drug-likeness (QED) is 0.700. The number of benzene rings is 1. The maximum Gasteiger partial charge on any atom is 0.0406 e. The minimum absolute atomic E-state index is 0.505. The van der Waals surface area contributed by atoms with Gasteiger partial charge in [-0.1, -0.05) is 43.0 Å². The molecule has 0 N–H and O–H groups in total. The molecule has 0 spiro atoms. The monoisotopic (exact) mass is 323 g/mol. The molecule has 0 radical (unpaired) electrons. The number of likely N-dealkylation sites (tertiary alicyclic amines) is 1. The first-order chi connectivity index (χ1) is 10.1. The maximum atomic E-state index is 5.99. The zero-order valence-corrected chi connectivity index (χ0v) is 14.8. The van der Waals surface area contributed by atoms with Crippen molar-refractivity contribution in [1.29, 1.82) is 0 Å². The Labute approximate surface area is 136 Å². The molecule has 0 amide bonds. The molecule has 1 nitrogen and oxygen atoms in total. The lowest BCUT2D eigenvalue weighted by Gasteiger charge is -2.41. The van der Waals surface area contributed by atoms with E-state index in [-0.39, 0.29) is 0 Å². The lowest BCUT2D eigenvalue weighted by molar-refractivity contribution is 0.177. The fourth-order valence-corrected chi connectivity index (χ4v) is 4.81. The van der Waals surface area contributed by atoms with Crippen LogP contribution in [0, 0.1) is 0 Å². The number of halogens is 1. The summed E-state index contributed by atoms with van der Waals surface area (Å²) in [5.41, 5.74) is 1.47. The maximum absolute atomic E-state index is 5.99. The van der Waals surface area contributed by atoms with Gasteiger partial charge in [-0.3, -0.25) is 0 Å². The molecular formula is C18H27ClNP. The molecule has 1 heterocycles. The highest BCUT2D eigenvalue weighted by molar-refractivity contribution is 7.19. The van der Waals surface area contributed by atoms with E-state index in [2.05, 4.69) is 26.3 Å². The van der Waals surface area contributed by atoms with Gasteiger partial charge in [-0.25, -0.2) is 0 Å². The molecule has 1 aliphatic heterocycles. The Morgan fingerprint density at radius 1 is 1.05 bits per heavy atom.